The van der Waals surface area contributed by atoms with Crippen LogP contribution < -0.4 is 9.47 Å². The average Bonchev–Trinajstić information content (AvgIpc) is 2.95. The molecule has 0 bridgehead atoms. The van der Waals surface area contributed by atoms with Gasteiger partial charge in [0.25, 0.3) is 0 Å². The highest BCUT2D eigenvalue weighted by atomic mass is 35.5. The van der Waals surface area contributed by atoms with Crippen LogP contribution >= 0.6 is 23.2 Å². The van der Waals surface area contributed by atoms with Gasteiger partial charge < -0.3 is 14.2 Å². The van der Waals surface area contributed by atoms with E-state index in [0.29, 0.717) is 40.3 Å². The number of fused-ring (bicyclic) bond motifs is 1. The summed E-state index contributed by atoms with van der Waals surface area (Å²) in [6, 6.07) is 10.3. The number of esters is 1. The highest BCUT2D eigenvalue weighted by molar-refractivity contribution is 6.37. The Bertz CT molecular complexity index is 937. The van der Waals surface area contributed by atoms with Crippen molar-refractivity contribution in [2.75, 3.05) is 13.2 Å². The molecule has 0 amide bonds. The molecule has 0 N–H and O–H groups in total. The molecule has 0 saturated carbocycles. The second-order valence-corrected chi connectivity index (χ2v) is 6.21. The van der Waals surface area contributed by atoms with E-state index in [1.54, 1.807) is 36.4 Å². The number of carbonyl (C=O) groups is 1. The maximum atomic E-state index is 12.1. The van der Waals surface area contributed by atoms with Crippen molar-refractivity contribution in [3.05, 3.63) is 63.3 Å². The number of carbonyl (C=O) groups excluding carboxylic acids is 1. The molecule has 0 unspecified atom stereocenters. The van der Waals surface area contributed by atoms with E-state index in [4.69, 9.17) is 37.4 Å². The lowest BCUT2D eigenvalue weighted by molar-refractivity contribution is -0.129. The molecule has 0 atom stereocenters. The van der Waals surface area contributed by atoms with Gasteiger partial charge in [0.2, 0.25) is 5.90 Å². The van der Waals surface area contributed by atoms with Crippen LogP contribution in [0.4, 0.5) is 0 Å². The van der Waals surface area contributed by atoms with E-state index in [1.807, 2.05) is 6.07 Å². The van der Waals surface area contributed by atoms with E-state index < -0.39 is 5.97 Å². The Morgan fingerprint density at radius 1 is 1.00 bits per heavy atom. The monoisotopic (exact) mass is 375 g/mol. The van der Waals surface area contributed by atoms with E-state index in [9.17, 15) is 4.79 Å². The Labute approximate surface area is 153 Å². The van der Waals surface area contributed by atoms with Crippen molar-refractivity contribution < 1.29 is 19.0 Å². The van der Waals surface area contributed by atoms with Crippen LogP contribution in [-0.4, -0.2) is 25.1 Å². The number of cyclic esters (lactones) is 1. The zero-order chi connectivity index (χ0) is 17.4. The maximum absolute atomic E-state index is 12.1. The fourth-order valence-electron chi connectivity index (χ4n) is 2.49. The fourth-order valence-corrected chi connectivity index (χ4v) is 2.98. The maximum Gasteiger partial charge on any atom is 0.363 e. The summed E-state index contributed by atoms with van der Waals surface area (Å²) in [5.74, 6) is 0.919. The summed E-state index contributed by atoms with van der Waals surface area (Å²) < 4.78 is 16.2. The molecule has 0 spiro atoms. The number of benzene rings is 2. The summed E-state index contributed by atoms with van der Waals surface area (Å²) in [7, 11) is 0. The number of rotatable bonds is 2. The number of hydrogen-bond donors (Lipinski definition) is 0. The van der Waals surface area contributed by atoms with Crippen LogP contribution in [0.3, 0.4) is 0 Å². The predicted molar refractivity (Wildman–Crippen MR) is 94.5 cm³/mol. The first kappa shape index (κ1) is 16.0. The van der Waals surface area contributed by atoms with E-state index in [0.717, 1.165) is 5.56 Å². The summed E-state index contributed by atoms with van der Waals surface area (Å²) in [6.07, 6.45) is 1.62. The number of halogens is 2. The van der Waals surface area contributed by atoms with Crippen molar-refractivity contribution >= 4 is 41.1 Å². The van der Waals surface area contributed by atoms with Crippen LogP contribution in [0, 0.1) is 0 Å². The van der Waals surface area contributed by atoms with E-state index >= 15 is 0 Å². The highest BCUT2D eigenvalue weighted by Gasteiger charge is 2.26. The molecule has 2 aliphatic rings. The molecule has 126 valence electrons. The SMILES string of the molecule is O=C1OC(c2ccc(Cl)cc2Cl)=N/C1=C\c1ccc2c(c1)OCCO2. The van der Waals surface area contributed by atoms with Gasteiger partial charge in [0.15, 0.2) is 17.2 Å². The Hall–Kier alpha value is -2.50. The second kappa shape index (κ2) is 6.43. The molecule has 2 aromatic carbocycles. The molecule has 2 aromatic rings. The molecule has 0 aromatic heterocycles. The third kappa shape index (κ3) is 3.21. The lowest BCUT2D eigenvalue weighted by atomic mass is 10.1. The Morgan fingerprint density at radius 2 is 1.80 bits per heavy atom. The van der Waals surface area contributed by atoms with Gasteiger partial charge in [-0.05, 0) is 42.0 Å². The quantitative estimate of drug-likeness (QED) is 0.585. The van der Waals surface area contributed by atoms with Gasteiger partial charge in [0.05, 0.1) is 10.6 Å². The summed E-state index contributed by atoms with van der Waals surface area (Å²) >= 11 is 12.0. The molecule has 5 nitrogen and oxygen atoms in total. The number of nitrogens with zero attached hydrogens (tertiary/aromatic N) is 1. The van der Waals surface area contributed by atoms with Gasteiger partial charge in [-0.3, -0.25) is 0 Å². The minimum Gasteiger partial charge on any atom is -0.486 e. The van der Waals surface area contributed by atoms with Crippen molar-refractivity contribution in [3.8, 4) is 11.5 Å². The van der Waals surface area contributed by atoms with Gasteiger partial charge in [-0.15, -0.1) is 0 Å². The highest BCUT2D eigenvalue weighted by Crippen LogP contribution is 2.32. The Morgan fingerprint density at radius 3 is 2.60 bits per heavy atom. The number of ether oxygens (including phenoxy) is 3. The molecule has 0 saturated heterocycles. The topological polar surface area (TPSA) is 57.1 Å². The second-order valence-electron chi connectivity index (χ2n) is 5.36. The third-order valence-electron chi connectivity index (χ3n) is 3.65. The number of hydrogen-bond acceptors (Lipinski definition) is 5. The third-order valence-corrected chi connectivity index (χ3v) is 4.20. The molecule has 0 radical (unpaired) electrons. The van der Waals surface area contributed by atoms with E-state index in [2.05, 4.69) is 4.99 Å². The van der Waals surface area contributed by atoms with Gasteiger partial charge in [-0.1, -0.05) is 29.3 Å². The van der Waals surface area contributed by atoms with E-state index in [1.165, 1.54) is 0 Å². The van der Waals surface area contributed by atoms with Gasteiger partial charge in [0.1, 0.15) is 13.2 Å². The molecular weight excluding hydrogens is 365 g/mol. The lowest BCUT2D eigenvalue weighted by Gasteiger charge is -2.18. The number of aliphatic imine (C=N–C) groups is 1. The first-order chi connectivity index (χ1) is 12.1. The van der Waals surface area contributed by atoms with Crippen LogP contribution in [0.2, 0.25) is 10.0 Å². The summed E-state index contributed by atoms with van der Waals surface area (Å²) in [4.78, 5) is 16.3. The Kier molecular flexibility index (Phi) is 4.11. The average molecular weight is 376 g/mol. The summed E-state index contributed by atoms with van der Waals surface area (Å²) in [6.45, 7) is 1.02. The first-order valence-corrected chi connectivity index (χ1v) is 8.23. The van der Waals surface area contributed by atoms with Crippen molar-refractivity contribution in [1.82, 2.24) is 0 Å². The molecule has 2 heterocycles. The normalized spacial score (nSPS) is 17.4. The van der Waals surface area contributed by atoms with Crippen molar-refractivity contribution in [2.45, 2.75) is 0 Å². The molecule has 7 heteroatoms. The largest absolute Gasteiger partial charge is 0.486 e. The molecule has 4 rings (SSSR count). The predicted octanol–water partition coefficient (Wildman–Crippen LogP) is 4.11. The summed E-state index contributed by atoms with van der Waals surface area (Å²) in [5.41, 5.74) is 1.44. The zero-order valence-electron chi connectivity index (χ0n) is 12.8. The van der Waals surface area contributed by atoms with Gasteiger partial charge in [-0.25, -0.2) is 9.79 Å². The standard InChI is InChI=1S/C18H11Cl2NO4/c19-11-2-3-12(13(20)9-11)17-21-14(18(22)25-17)7-10-1-4-15-16(8-10)24-6-5-23-15/h1-4,7-9H,5-6H2/b14-7-. The summed E-state index contributed by atoms with van der Waals surface area (Å²) in [5, 5.41) is 0.852. The van der Waals surface area contributed by atoms with Gasteiger partial charge in [0, 0.05) is 5.02 Å². The molecule has 0 aliphatic carbocycles. The minimum absolute atomic E-state index is 0.149. The van der Waals surface area contributed by atoms with Crippen LogP contribution in [0.1, 0.15) is 11.1 Å². The molecule has 25 heavy (non-hydrogen) atoms. The minimum atomic E-state index is -0.545. The lowest BCUT2D eigenvalue weighted by Crippen LogP contribution is -2.15. The van der Waals surface area contributed by atoms with Crippen molar-refractivity contribution in [1.29, 1.82) is 0 Å². The van der Waals surface area contributed by atoms with Gasteiger partial charge in [-0.2, -0.15) is 0 Å². The van der Waals surface area contributed by atoms with Crippen LogP contribution in [-0.2, 0) is 9.53 Å². The Balaban J connectivity index is 1.67. The van der Waals surface area contributed by atoms with E-state index in [-0.39, 0.29) is 11.6 Å². The first-order valence-electron chi connectivity index (χ1n) is 7.48. The van der Waals surface area contributed by atoms with Crippen molar-refractivity contribution in [2.24, 2.45) is 4.99 Å². The fraction of sp³-hybridized carbons (Fsp3) is 0.111. The van der Waals surface area contributed by atoms with Crippen LogP contribution in [0.5, 0.6) is 11.5 Å². The van der Waals surface area contributed by atoms with Crippen LogP contribution in [0.15, 0.2) is 47.1 Å². The molecule has 0 fully saturated rings. The van der Waals surface area contributed by atoms with Gasteiger partial charge >= 0.3 is 5.97 Å². The smallest absolute Gasteiger partial charge is 0.363 e. The van der Waals surface area contributed by atoms with Crippen LogP contribution in [0.25, 0.3) is 6.08 Å². The molecule has 2 aliphatic heterocycles. The molecular formula is C18H11Cl2NO4. The zero-order valence-corrected chi connectivity index (χ0v) is 14.3. The van der Waals surface area contributed by atoms with Crippen molar-refractivity contribution in [3.63, 3.8) is 0 Å².